The van der Waals surface area contributed by atoms with E-state index >= 15 is 0 Å². The van der Waals surface area contributed by atoms with E-state index in [1.807, 2.05) is 28.8 Å². The van der Waals surface area contributed by atoms with E-state index in [-0.39, 0.29) is 11.4 Å². The highest BCUT2D eigenvalue weighted by atomic mass is 16.6. The maximum absolute atomic E-state index is 10.8. The van der Waals surface area contributed by atoms with Crippen LogP contribution >= 0.6 is 0 Å². The molecule has 0 saturated heterocycles. The second-order valence-corrected chi connectivity index (χ2v) is 4.05. The number of pyridine rings is 1. The van der Waals surface area contributed by atoms with E-state index in [2.05, 4.69) is 4.98 Å². The monoisotopic (exact) mass is 255 g/mol. The predicted molar refractivity (Wildman–Crippen MR) is 68.9 cm³/mol. The van der Waals surface area contributed by atoms with Gasteiger partial charge in [-0.25, -0.2) is 4.98 Å². The molecular weight excluding hydrogens is 246 g/mol. The molecule has 0 unspecified atom stereocenters. The third-order valence-electron chi connectivity index (χ3n) is 2.83. The number of imidazole rings is 1. The fourth-order valence-electron chi connectivity index (χ4n) is 1.90. The van der Waals surface area contributed by atoms with Gasteiger partial charge in [-0.1, -0.05) is 6.07 Å². The van der Waals surface area contributed by atoms with Gasteiger partial charge in [-0.2, -0.15) is 0 Å². The van der Waals surface area contributed by atoms with Crippen LogP contribution in [0.3, 0.4) is 0 Å². The third kappa shape index (κ3) is 1.89. The lowest BCUT2D eigenvalue weighted by Gasteiger charge is -1.98. The lowest BCUT2D eigenvalue weighted by molar-refractivity contribution is -0.385. The van der Waals surface area contributed by atoms with Crippen molar-refractivity contribution in [1.29, 1.82) is 0 Å². The summed E-state index contributed by atoms with van der Waals surface area (Å²) in [5, 5.41) is 20.2. The van der Waals surface area contributed by atoms with Gasteiger partial charge < -0.3 is 9.51 Å². The Bertz CT molecular complexity index is 747. The van der Waals surface area contributed by atoms with Crippen LogP contribution in [0.25, 0.3) is 16.9 Å². The van der Waals surface area contributed by atoms with Crippen molar-refractivity contribution < 1.29 is 10.0 Å². The van der Waals surface area contributed by atoms with Gasteiger partial charge in [-0.05, 0) is 24.3 Å². The van der Waals surface area contributed by atoms with Crippen LogP contribution < -0.4 is 0 Å². The molecule has 1 aromatic carbocycles. The molecular formula is C13H9N3O3. The molecule has 6 nitrogen and oxygen atoms in total. The SMILES string of the molecule is O=[N+]([O-])c1cc(-c2cn3ccccc3n2)ccc1O. The zero-order valence-corrected chi connectivity index (χ0v) is 9.72. The molecule has 0 fully saturated rings. The fourth-order valence-corrected chi connectivity index (χ4v) is 1.90. The Balaban J connectivity index is 2.16. The van der Waals surface area contributed by atoms with Crippen molar-refractivity contribution in [2.45, 2.75) is 0 Å². The van der Waals surface area contributed by atoms with Gasteiger partial charge in [0.1, 0.15) is 5.65 Å². The molecule has 19 heavy (non-hydrogen) atoms. The summed E-state index contributed by atoms with van der Waals surface area (Å²) in [6.07, 6.45) is 3.63. The number of nitrogens with zero attached hydrogens (tertiary/aromatic N) is 3. The Kier molecular flexibility index (Phi) is 2.42. The van der Waals surface area contributed by atoms with Crippen LogP contribution in [0.5, 0.6) is 5.75 Å². The zero-order chi connectivity index (χ0) is 13.4. The number of aromatic nitrogens is 2. The van der Waals surface area contributed by atoms with Crippen LogP contribution in [-0.4, -0.2) is 19.4 Å². The molecule has 1 N–H and O–H groups in total. The van der Waals surface area contributed by atoms with Crippen LogP contribution in [0.15, 0.2) is 48.8 Å². The van der Waals surface area contributed by atoms with Gasteiger partial charge in [0.15, 0.2) is 5.75 Å². The van der Waals surface area contributed by atoms with Gasteiger partial charge in [0.2, 0.25) is 0 Å². The molecule has 0 aliphatic heterocycles. The Morgan fingerprint density at radius 2 is 2.11 bits per heavy atom. The first-order valence-corrected chi connectivity index (χ1v) is 5.56. The average Bonchev–Trinajstić information content (AvgIpc) is 2.82. The number of phenols is 1. The number of hydrogen-bond acceptors (Lipinski definition) is 4. The van der Waals surface area contributed by atoms with E-state index < -0.39 is 4.92 Å². The number of phenolic OH excluding ortho intramolecular Hbond substituents is 1. The van der Waals surface area contributed by atoms with Crippen molar-refractivity contribution in [3.63, 3.8) is 0 Å². The molecule has 6 heteroatoms. The van der Waals surface area contributed by atoms with Crippen LogP contribution in [0, 0.1) is 10.1 Å². The highest BCUT2D eigenvalue weighted by Gasteiger charge is 2.15. The molecule has 0 aliphatic carbocycles. The second kappa shape index (κ2) is 4.09. The summed E-state index contributed by atoms with van der Waals surface area (Å²) in [5.74, 6) is -0.350. The van der Waals surface area contributed by atoms with Gasteiger partial charge in [0, 0.05) is 24.0 Å². The molecule has 0 amide bonds. The van der Waals surface area contributed by atoms with Crippen LogP contribution in [0.4, 0.5) is 5.69 Å². The molecule has 0 radical (unpaired) electrons. The quantitative estimate of drug-likeness (QED) is 0.563. The number of nitro groups is 1. The Morgan fingerprint density at radius 1 is 1.26 bits per heavy atom. The summed E-state index contributed by atoms with van der Waals surface area (Å²) in [4.78, 5) is 14.6. The Morgan fingerprint density at radius 3 is 2.84 bits per heavy atom. The minimum absolute atomic E-state index is 0.324. The topological polar surface area (TPSA) is 80.7 Å². The smallest absolute Gasteiger partial charge is 0.311 e. The van der Waals surface area contributed by atoms with Crippen LogP contribution in [0.2, 0.25) is 0 Å². The summed E-state index contributed by atoms with van der Waals surface area (Å²) < 4.78 is 1.83. The van der Waals surface area contributed by atoms with Crippen molar-refractivity contribution >= 4 is 11.3 Å². The molecule has 2 heterocycles. The Labute approximate surface area is 107 Å². The van der Waals surface area contributed by atoms with E-state index in [0.717, 1.165) is 5.65 Å². The Hall–Kier alpha value is -2.89. The number of nitro benzene ring substituents is 1. The summed E-state index contributed by atoms with van der Waals surface area (Å²) in [7, 11) is 0. The van der Waals surface area contributed by atoms with Gasteiger partial charge >= 0.3 is 5.69 Å². The normalized spacial score (nSPS) is 10.7. The van der Waals surface area contributed by atoms with Crippen molar-refractivity contribution in [2.75, 3.05) is 0 Å². The van der Waals surface area contributed by atoms with E-state index in [4.69, 9.17) is 0 Å². The summed E-state index contributed by atoms with van der Waals surface area (Å²) >= 11 is 0. The molecule has 0 spiro atoms. The van der Waals surface area contributed by atoms with Crippen molar-refractivity contribution in [1.82, 2.24) is 9.38 Å². The van der Waals surface area contributed by atoms with E-state index in [1.165, 1.54) is 12.1 Å². The highest BCUT2D eigenvalue weighted by molar-refractivity contribution is 5.67. The molecule has 94 valence electrons. The van der Waals surface area contributed by atoms with Crippen LogP contribution in [0.1, 0.15) is 0 Å². The lowest BCUT2D eigenvalue weighted by Crippen LogP contribution is -1.89. The van der Waals surface area contributed by atoms with Gasteiger partial charge in [0.05, 0.1) is 10.6 Å². The number of aromatic hydroxyl groups is 1. The zero-order valence-electron chi connectivity index (χ0n) is 9.72. The molecule has 3 aromatic rings. The van der Waals surface area contributed by atoms with Gasteiger partial charge in [0.25, 0.3) is 0 Å². The predicted octanol–water partition coefficient (Wildman–Crippen LogP) is 2.62. The van der Waals surface area contributed by atoms with Crippen LogP contribution in [-0.2, 0) is 0 Å². The second-order valence-electron chi connectivity index (χ2n) is 4.05. The van der Waals surface area contributed by atoms with E-state index in [0.29, 0.717) is 11.3 Å². The largest absolute Gasteiger partial charge is 0.502 e. The van der Waals surface area contributed by atoms with Crippen molar-refractivity contribution in [3.05, 3.63) is 58.9 Å². The molecule has 0 saturated carbocycles. The van der Waals surface area contributed by atoms with Crippen molar-refractivity contribution in [2.24, 2.45) is 0 Å². The third-order valence-corrected chi connectivity index (χ3v) is 2.83. The number of hydrogen-bond donors (Lipinski definition) is 1. The minimum Gasteiger partial charge on any atom is -0.502 e. The number of fused-ring (bicyclic) bond motifs is 1. The van der Waals surface area contributed by atoms with E-state index in [9.17, 15) is 15.2 Å². The first kappa shape index (κ1) is 11.2. The highest BCUT2D eigenvalue weighted by Crippen LogP contribution is 2.30. The molecule has 2 aromatic heterocycles. The van der Waals surface area contributed by atoms with Gasteiger partial charge in [-0.3, -0.25) is 10.1 Å². The molecule has 0 atom stereocenters. The molecule has 0 aliphatic rings. The number of benzene rings is 1. The first-order valence-electron chi connectivity index (χ1n) is 5.56. The van der Waals surface area contributed by atoms with Crippen molar-refractivity contribution in [3.8, 4) is 17.0 Å². The molecule has 3 rings (SSSR count). The minimum atomic E-state index is -0.616. The standard InChI is InChI=1S/C13H9N3O3/c17-12-5-4-9(7-11(12)16(18)19)10-8-15-6-2-1-3-13(15)14-10/h1-8,17H. The maximum Gasteiger partial charge on any atom is 0.311 e. The fraction of sp³-hybridized carbons (Fsp3) is 0. The lowest BCUT2D eigenvalue weighted by atomic mass is 10.1. The summed E-state index contributed by atoms with van der Waals surface area (Å²) in [6, 6.07) is 9.81. The molecule has 0 bridgehead atoms. The maximum atomic E-state index is 10.8. The first-order chi connectivity index (χ1) is 9.15. The summed E-state index contributed by atoms with van der Waals surface area (Å²) in [6.45, 7) is 0. The average molecular weight is 255 g/mol. The number of rotatable bonds is 2. The van der Waals surface area contributed by atoms with Gasteiger partial charge in [-0.15, -0.1) is 0 Å². The van der Waals surface area contributed by atoms with E-state index in [1.54, 1.807) is 12.3 Å². The summed E-state index contributed by atoms with van der Waals surface area (Å²) in [5.41, 5.74) is 1.64.